The number of benzene rings is 1. The fourth-order valence-electron chi connectivity index (χ4n) is 3.12. The highest BCUT2D eigenvalue weighted by atomic mass is 16.5. The van der Waals surface area contributed by atoms with Crippen molar-refractivity contribution in [3.8, 4) is 5.75 Å². The molecule has 0 amide bonds. The lowest BCUT2D eigenvalue weighted by atomic mass is 10.1. The van der Waals surface area contributed by atoms with Crippen molar-refractivity contribution in [1.82, 2.24) is 4.90 Å². The van der Waals surface area contributed by atoms with E-state index in [1.807, 2.05) is 12.1 Å². The van der Waals surface area contributed by atoms with Crippen molar-refractivity contribution < 1.29 is 14.6 Å². The quantitative estimate of drug-likeness (QED) is 0.894. The molecule has 1 N–H and O–H groups in total. The molecule has 1 aromatic carbocycles. The lowest BCUT2D eigenvalue weighted by Gasteiger charge is -2.39. The summed E-state index contributed by atoms with van der Waals surface area (Å²) in [6.07, 6.45) is 2.13. The Labute approximate surface area is 125 Å². The summed E-state index contributed by atoms with van der Waals surface area (Å²) in [5, 5.41) is 9.41. The smallest absolute Gasteiger partial charge is 0.321 e. The zero-order valence-electron chi connectivity index (χ0n) is 12.4. The summed E-state index contributed by atoms with van der Waals surface area (Å²) in [5.41, 5.74) is 1.17. The first kappa shape index (κ1) is 14.2. The number of carboxylic acids is 1. The average molecular weight is 290 g/mol. The minimum Gasteiger partial charge on any atom is -0.497 e. The van der Waals surface area contributed by atoms with Gasteiger partial charge in [-0.1, -0.05) is 0 Å². The second kappa shape index (κ2) is 5.93. The van der Waals surface area contributed by atoms with Crippen molar-refractivity contribution in [2.24, 2.45) is 5.92 Å². The minimum absolute atomic E-state index is 0.275. The number of rotatable bonds is 5. The number of carboxylic acid groups (broad SMARTS) is 1. The normalized spacial score (nSPS) is 21.1. The number of piperazine rings is 1. The molecule has 3 rings (SSSR count). The van der Waals surface area contributed by atoms with Gasteiger partial charge in [-0.25, -0.2) is 0 Å². The van der Waals surface area contributed by atoms with E-state index in [-0.39, 0.29) is 6.04 Å². The van der Waals surface area contributed by atoms with E-state index in [2.05, 4.69) is 21.9 Å². The van der Waals surface area contributed by atoms with Crippen LogP contribution in [0.3, 0.4) is 0 Å². The van der Waals surface area contributed by atoms with Crippen molar-refractivity contribution in [3.05, 3.63) is 24.3 Å². The van der Waals surface area contributed by atoms with Gasteiger partial charge in [-0.15, -0.1) is 0 Å². The van der Waals surface area contributed by atoms with Gasteiger partial charge in [0.25, 0.3) is 0 Å². The molecule has 5 nitrogen and oxygen atoms in total. The topological polar surface area (TPSA) is 53.0 Å². The first-order valence-electron chi connectivity index (χ1n) is 7.55. The molecule has 1 saturated heterocycles. The molecule has 2 fully saturated rings. The molecule has 21 heavy (non-hydrogen) atoms. The summed E-state index contributed by atoms with van der Waals surface area (Å²) in [4.78, 5) is 15.9. The maximum Gasteiger partial charge on any atom is 0.321 e. The first-order chi connectivity index (χ1) is 10.2. The molecule has 1 heterocycles. The van der Waals surface area contributed by atoms with Gasteiger partial charge in [-0.3, -0.25) is 9.69 Å². The summed E-state index contributed by atoms with van der Waals surface area (Å²) >= 11 is 0. The molecule has 2 aliphatic rings. The van der Waals surface area contributed by atoms with Crippen LogP contribution in [0.15, 0.2) is 24.3 Å². The van der Waals surface area contributed by atoms with Gasteiger partial charge in [0.1, 0.15) is 11.8 Å². The van der Waals surface area contributed by atoms with Crippen molar-refractivity contribution in [1.29, 1.82) is 0 Å². The zero-order valence-corrected chi connectivity index (χ0v) is 12.4. The van der Waals surface area contributed by atoms with E-state index in [4.69, 9.17) is 4.74 Å². The Morgan fingerprint density at radius 2 is 1.81 bits per heavy atom. The van der Waals surface area contributed by atoms with Crippen LogP contribution in [0.2, 0.25) is 0 Å². The highest BCUT2D eigenvalue weighted by Gasteiger charge is 2.41. The van der Waals surface area contributed by atoms with Crippen LogP contribution >= 0.6 is 0 Å². The monoisotopic (exact) mass is 290 g/mol. The Morgan fingerprint density at radius 1 is 1.19 bits per heavy atom. The van der Waals surface area contributed by atoms with E-state index in [0.717, 1.165) is 44.8 Å². The summed E-state index contributed by atoms with van der Waals surface area (Å²) in [6, 6.07) is 7.77. The standard InChI is InChI=1S/C16H22N2O3/c1-21-14-6-4-13(5-7-14)17-8-10-18(11-9-17)15(16(19)20)12-2-3-12/h4-7,12,15H,2-3,8-11H2,1H3,(H,19,20). The van der Waals surface area contributed by atoms with Gasteiger partial charge in [0.2, 0.25) is 0 Å². The number of nitrogens with zero attached hydrogens (tertiary/aromatic N) is 2. The van der Waals surface area contributed by atoms with Crippen molar-refractivity contribution in [2.75, 3.05) is 38.2 Å². The number of aliphatic carboxylic acids is 1. The molecule has 0 spiro atoms. The maximum absolute atomic E-state index is 11.4. The minimum atomic E-state index is -0.657. The second-order valence-electron chi connectivity index (χ2n) is 5.84. The largest absolute Gasteiger partial charge is 0.497 e. The molecule has 5 heteroatoms. The number of ether oxygens (including phenoxy) is 1. The summed E-state index contributed by atoms with van der Waals surface area (Å²) in [6.45, 7) is 3.39. The molecular weight excluding hydrogens is 268 g/mol. The molecule has 1 unspecified atom stereocenters. The molecular formula is C16H22N2O3. The fourth-order valence-corrected chi connectivity index (χ4v) is 3.12. The Hall–Kier alpha value is -1.75. The summed E-state index contributed by atoms with van der Waals surface area (Å²) in [5.74, 6) is 0.572. The third kappa shape index (κ3) is 3.13. The Bertz CT molecular complexity index is 491. The number of hydrogen-bond donors (Lipinski definition) is 1. The van der Waals surface area contributed by atoms with Crippen LogP contribution in [-0.4, -0.2) is 55.3 Å². The highest BCUT2D eigenvalue weighted by Crippen LogP contribution is 2.36. The van der Waals surface area contributed by atoms with Crippen molar-refractivity contribution in [2.45, 2.75) is 18.9 Å². The van der Waals surface area contributed by atoms with E-state index < -0.39 is 5.97 Å². The van der Waals surface area contributed by atoms with Gasteiger partial charge in [0.05, 0.1) is 7.11 Å². The zero-order chi connectivity index (χ0) is 14.8. The van der Waals surface area contributed by atoms with E-state index in [0.29, 0.717) is 5.92 Å². The maximum atomic E-state index is 11.4. The number of hydrogen-bond acceptors (Lipinski definition) is 4. The Morgan fingerprint density at radius 3 is 2.29 bits per heavy atom. The summed E-state index contributed by atoms with van der Waals surface area (Å²) < 4.78 is 5.17. The van der Waals surface area contributed by atoms with Gasteiger partial charge >= 0.3 is 5.97 Å². The van der Waals surface area contributed by atoms with E-state index in [1.165, 1.54) is 5.69 Å². The molecule has 1 saturated carbocycles. The summed E-state index contributed by atoms with van der Waals surface area (Å²) in [7, 11) is 1.66. The van der Waals surface area contributed by atoms with Crippen LogP contribution in [0.25, 0.3) is 0 Å². The van der Waals surface area contributed by atoms with Crippen LogP contribution in [-0.2, 0) is 4.79 Å². The van der Waals surface area contributed by atoms with Crippen LogP contribution in [0.1, 0.15) is 12.8 Å². The lowest BCUT2D eigenvalue weighted by molar-refractivity contribution is -0.144. The molecule has 0 aromatic heterocycles. The third-order valence-corrected chi connectivity index (χ3v) is 4.47. The van der Waals surface area contributed by atoms with E-state index in [1.54, 1.807) is 7.11 Å². The SMILES string of the molecule is COc1ccc(N2CCN(C(C(=O)O)C3CC3)CC2)cc1. The van der Waals surface area contributed by atoms with Gasteiger partial charge in [0, 0.05) is 31.9 Å². The van der Waals surface area contributed by atoms with E-state index in [9.17, 15) is 9.90 Å². The molecule has 0 radical (unpaired) electrons. The average Bonchev–Trinajstić information content (AvgIpc) is 3.33. The van der Waals surface area contributed by atoms with Gasteiger partial charge in [-0.2, -0.15) is 0 Å². The number of carbonyl (C=O) groups is 1. The van der Waals surface area contributed by atoms with Crippen LogP contribution in [0.5, 0.6) is 5.75 Å². The van der Waals surface area contributed by atoms with Crippen molar-refractivity contribution >= 4 is 11.7 Å². The Balaban J connectivity index is 1.60. The van der Waals surface area contributed by atoms with E-state index >= 15 is 0 Å². The highest BCUT2D eigenvalue weighted by molar-refractivity contribution is 5.74. The molecule has 1 aromatic rings. The van der Waals surface area contributed by atoms with Crippen LogP contribution < -0.4 is 9.64 Å². The molecule has 1 aliphatic heterocycles. The predicted octanol–water partition coefficient (Wildman–Crippen LogP) is 1.68. The van der Waals surface area contributed by atoms with Gasteiger partial charge in [-0.05, 0) is 43.0 Å². The third-order valence-electron chi connectivity index (χ3n) is 4.47. The second-order valence-corrected chi connectivity index (χ2v) is 5.84. The molecule has 1 aliphatic carbocycles. The lowest BCUT2D eigenvalue weighted by Crippen LogP contribution is -2.53. The van der Waals surface area contributed by atoms with Crippen molar-refractivity contribution in [3.63, 3.8) is 0 Å². The predicted molar refractivity (Wildman–Crippen MR) is 80.9 cm³/mol. The fraction of sp³-hybridized carbons (Fsp3) is 0.562. The Kier molecular flexibility index (Phi) is 4.01. The molecule has 1 atom stereocenters. The number of methoxy groups -OCH3 is 1. The number of anilines is 1. The first-order valence-corrected chi connectivity index (χ1v) is 7.55. The van der Waals surface area contributed by atoms with Crippen LogP contribution in [0, 0.1) is 5.92 Å². The molecule has 0 bridgehead atoms. The van der Waals surface area contributed by atoms with Gasteiger partial charge in [0.15, 0.2) is 0 Å². The van der Waals surface area contributed by atoms with Gasteiger partial charge < -0.3 is 14.7 Å². The van der Waals surface area contributed by atoms with Crippen LogP contribution in [0.4, 0.5) is 5.69 Å². The molecule has 114 valence electrons.